The quantitative estimate of drug-likeness (QED) is 0.473. The molecule has 2 amide bonds. The highest BCUT2D eigenvalue weighted by Gasteiger charge is 2.46. The van der Waals surface area contributed by atoms with Crippen LogP contribution in [0, 0.1) is 18.8 Å². The lowest BCUT2D eigenvalue weighted by Crippen LogP contribution is -2.33. The van der Waals surface area contributed by atoms with Gasteiger partial charge >= 0.3 is 5.97 Å². The summed E-state index contributed by atoms with van der Waals surface area (Å²) in [6.45, 7) is 2.29. The first-order chi connectivity index (χ1) is 11.6. The molecule has 0 aromatic heterocycles. The van der Waals surface area contributed by atoms with Crippen LogP contribution in [0.4, 0.5) is 0 Å². The van der Waals surface area contributed by atoms with Gasteiger partial charge in [-0.05, 0) is 25.3 Å². The minimum atomic E-state index is -0.398. The molecule has 126 valence electrons. The Bertz CT molecular complexity index is 668. The van der Waals surface area contributed by atoms with Crippen LogP contribution < -0.4 is 0 Å². The lowest BCUT2D eigenvalue weighted by atomic mass is 9.85. The maximum atomic E-state index is 12.3. The van der Waals surface area contributed by atoms with E-state index in [1.165, 1.54) is 4.90 Å². The highest BCUT2D eigenvalue weighted by molar-refractivity contribution is 6.05. The Hall–Kier alpha value is -2.43. The summed E-state index contributed by atoms with van der Waals surface area (Å²) in [5, 5.41) is 0. The molecule has 2 unspecified atom stereocenters. The molecule has 0 radical (unpaired) electrons. The fraction of sp³-hybridized carbons (Fsp3) is 0.421. The van der Waals surface area contributed by atoms with Gasteiger partial charge in [0.1, 0.15) is 6.61 Å². The van der Waals surface area contributed by atoms with Crippen molar-refractivity contribution in [2.45, 2.75) is 32.8 Å². The molecule has 0 saturated carbocycles. The molecule has 2 aliphatic rings. The average Bonchev–Trinajstić information content (AvgIpc) is 2.83. The molecule has 24 heavy (non-hydrogen) atoms. The number of ether oxygens (including phenoxy) is 1. The summed E-state index contributed by atoms with van der Waals surface area (Å²) >= 11 is 0. The van der Waals surface area contributed by atoms with Gasteiger partial charge in [0.25, 0.3) is 0 Å². The number of nitrogens with zero attached hydrogens (tertiary/aromatic N) is 1. The molecule has 0 N–H and O–H groups in total. The van der Waals surface area contributed by atoms with Crippen molar-refractivity contribution in [3.05, 3.63) is 47.5 Å². The van der Waals surface area contributed by atoms with Crippen molar-refractivity contribution in [1.82, 2.24) is 4.90 Å². The Morgan fingerprint density at radius 2 is 1.83 bits per heavy atom. The van der Waals surface area contributed by atoms with Gasteiger partial charge in [0.15, 0.2) is 0 Å². The minimum Gasteiger partial charge on any atom is -0.461 e. The number of amides is 2. The van der Waals surface area contributed by atoms with Crippen LogP contribution in [-0.2, 0) is 25.7 Å². The van der Waals surface area contributed by atoms with Crippen LogP contribution in [0.15, 0.2) is 36.4 Å². The summed E-state index contributed by atoms with van der Waals surface area (Å²) in [6.07, 6.45) is 5.17. The van der Waals surface area contributed by atoms with Crippen LogP contribution in [0.3, 0.4) is 0 Å². The second-order valence-corrected chi connectivity index (χ2v) is 6.38. The van der Waals surface area contributed by atoms with Crippen molar-refractivity contribution in [3.8, 4) is 0 Å². The van der Waals surface area contributed by atoms with Crippen molar-refractivity contribution in [1.29, 1.82) is 0 Å². The van der Waals surface area contributed by atoms with E-state index in [0.717, 1.165) is 11.1 Å². The number of allylic oxidation sites excluding steroid dienone is 2. The number of esters is 1. The number of rotatable bonds is 5. The third kappa shape index (κ3) is 3.40. The topological polar surface area (TPSA) is 63.7 Å². The van der Waals surface area contributed by atoms with Crippen molar-refractivity contribution in [3.63, 3.8) is 0 Å². The number of hydrogen-bond acceptors (Lipinski definition) is 4. The monoisotopic (exact) mass is 327 g/mol. The number of benzene rings is 1. The summed E-state index contributed by atoms with van der Waals surface area (Å²) in [7, 11) is 0. The smallest absolute Gasteiger partial charge is 0.307 e. The normalized spacial score (nSPS) is 22.6. The zero-order chi connectivity index (χ0) is 17.1. The first-order valence-corrected chi connectivity index (χ1v) is 8.27. The standard InChI is InChI=1S/C19H21NO4/c1-13-5-4-6-14(11-13)12-24-17(21)9-10-20-18(22)15-7-2-3-8-16(15)19(20)23/h2-6,11,15-16H,7-10,12H2,1H3. The zero-order valence-electron chi connectivity index (χ0n) is 13.7. The molecule has 1 aliphatic carbocycles. The molecule has 3 rings (SSSR count). The Labute approximate surface area is 141 Å². The van der Waals surface area contributed by atoms with Gasteiger partial charge in [0, 0.05) is 6.54 Å². The van der Waals surface area contributed by atoms with Crippen molar-refractivity contribution >= 4 is 17.8 Å². The first kappa shape index (κ1) is 16.4. The molecule has 1 aromatic rings. The van der Waals surface area contributed by atoms with Gasteiger partial charge in [-0.2, -0.15) is 0 Å². The molecule has 1 aromatic carbocycles. The van der Waals surface area contributed by atoms with E-state index in [1.807, 2.05) is 43.3 Å². The molecule has 1 heterocycles. The van der Waals surface area contributed by atoms with Crippen LogP contribution >= 0.6 is 0 Å². The van der Waals surface area contributed by atoms with Gasteiger partial charge < -0.3 is 4.74 Å². The molecule has 0 spiro atoms. The Morgan fingerprint density at radius 3 is 2.46 bits per heavy atom. The number of fused-ring (bicyclic) bond motifs is 1. The molecular weight excluding hydrogens is 306 g/mol. The van der Waals surface area contributed by atoms with Crippen molar-refractivity contribution < 1.29 is 19.1 Å². The molecule has 0 bridgehead atoms. The third-order valence-corrected chi connectivity index (χ3v) is 4.62. The van der Waals surface area contributed by atoms with Crippen molar-refractivity contribution in [2.75, 3.05) is 6.54 Å². The van der Waals surface area contributed by atoms with E-state index < -0.39 is 5.97 Å². The predicted octanol–water partition coefficient (Wildman–Crippen LogP) is 2.38. The zero-order valence-corrected chi connectivity index (χ0v) is 13.7. The first-order valence-electron chi connectivity index (χ1n) is 8.27. The van der Waals surface area contributed by atoms with E-state index in [1.54, 1.807) is 0 Å². The van der Waals surface area contributed by atoms with E-state index in [0.29, 0.717) is 12.8 Å². The lowest BCUT2D eigenvalue weighted by molar-refractivity contribution is -0.146. The van der Waals surface area contributed by atoms with Crippen LogP contribution in [0.25, 0.3) is 0 Å². The summed E-state index contributed by atoms with van der Waals surface area (Å²) in [6, 6.07) is 7.74. The molecule has 1 aliphatic heterocycles. The minimum absolute atomic E-state index is 0.0379. The van der Waals surface area contributed by atoms with Crippen LogP contribution in [-0.4, -0.2) is 29.2 Å². The summed E-state index contributed by atoms with van der Waals surface area (Å²) < 4.78 is 5.23. The number of likely N-dealkylation sites (tertiary alicyclic amines) is 1. The van der Waals surface area contributed by atoms with Gasteiger partial charge in [-0.25, -0.2) is 0 Å². The van der Waals surface area contributed by atoms with Crippen LogP contribution in [0.5, 0.6) is 0 Å². The largest absolute Gasteiger partial charge is 0.461 e. The van der Waals surface area contributed by atoms with Gasteiger partial charge in [0.2, 0.25) is 11.8 Å². The number of hydrogen-bond donors (Lipinski definition) is 0. The van der Waals surface area contributed by atoms with Gasteiger partial charge in [-0.1, -0.05) is 42.0 Å². The van der Waals surface area contributed by atoms with E-state index >= 15 is 0 Å². The maximum Gasteiger partial charge on any atom is 0.307 e. The fourth-order valence-electron chi connectivity index (χ4n) is 3.33. The number of carbonyl (C=O) groups is 3. The van der Waals surface area contributed by atoms with E-state index in [4.69, 9.17) is 4.74 Å². The second-order valence-electron chi connectivity index (χ2n) is 6.38. The molecular formula is C19H21NO4. The van der Waals surface area contributed by atoms with Crippen molar-refractivity contribution in [2.24, 2.45) is 11.8 Å². The lowest BCUT2D eigenvalue weighted by Gasteiger charge is -2.14. The Balaban J connectivity index is 1.49. The van der Waals surface area contributed by atoms with E-state index in [2.05, 4.69) is 0 Å². The molecule has 1 fully saturated rings. The predicted molar refractivity (Wildman–Crippen MR) is 87.7 cm³/mol. The van der Waals surface area contributed by atoms with Gasteiger partial charge in [0.05, 0.1) is 18.3 Å². The fourth-order valence-corrected chi connectivity index (χ4v) is 3.33. The molecule has 1 saturated heterocycles. The maximum absolute atomic E-state index is 12.3. The van der Waals surface area contributed by atoms with Gasteiger partial charge in [-0.3, -0.25) is 19.3 Å². The average molecular weight is 327 g/mol. The number of carbonyl (C=O) groups excluding carboxylic acids is 3. The molecule has 5 heteroatoms. The SMILES string of the molecule is Cc1cccc(COC(=O)CCN2C(=O)C3CC=CCC3C2=O)c1. The highest BCUT2D eigenvalue weighted by Crippen LogP contribution is 2.34. The van der Waals surface area contributed by atoms with E-state index in [9.17, 15) is 14.4 Å². The molecule has 2 atom stereocenters. The number of aryl methyl sites for hydroxylation is 1. The summed E-state index contributed by atoms with van der Waals surface area (Å²) in [4.78, 5) is 37.7. The Morgan fingerprint density at radius 1 is 1.17 bits per heavy atom. The molecule has 5 nitrogen and oxygen atoms in total. The summed E-state index contributed by atoms with van der Waals surface area (Å²) in [5.41, 5.74) is 2.03. The third-order valence-electron chi connectivity index (χ3n) is 4.62. The summed E-state index contributed by atoms with van der Waals surface area (Å²) in [5.74, 6) is -1.19. The van der Waals surface area contributed by atoms with E-state index in [-0.39, 0.29) is 43.2 Å². The number of imide groups is 1. The highest BCUT2D eigenvalue weighted by atomic mass is 16.5. The van der Waals surface area contributed by atoms with Gasteiger partial charge in [-0.15, -0.1) is 0 Å². The Kier molecular flexibility index (Phi) is 4.79. The van der Waals surface area contributed by atoms with Crippen LogP contribution in [0.2, 0.25) is 0 Å². The van der Waals surface area contributed by atoms with Crippen LogP contribution in [0.1, 0.15) is 30.4 Å². The second kappa shape index (κ2) is 6.99.